The Hall–Kier alpha value is -2.64. The van der Waals surface area contributed by atoms with Gasteiger partial charge in [0.25, 0.3) is 10.0 Å². The average molecular weight is 370 g/mol. The number of sulfonamides is 1. The Morgan fingerprint density at radius 1 is 1.04 bits per heavy atom. The molecular weight excluding hydrogens is 356 g/mol. The highest BCUT2D eigenvalue weighted by Gasteiger charge is 2.23. The van der Waals surface area contributed by atoms with Crippen molar-refractivity contribution in [2.75, 3.05) is 10.0 Å². The number of hydrogen-bond donors (Lipinski definition) is 2. The molecule has 7 heteroatoms. The van der Waals surface area contributed by atoms with Crippen molar-refractivity contribution in [3.8, 4) is 10.4 Å². The lowest BCUT2D eigenvalue weighted by Crippen LogP contribution is -2.14. The van der Waals surface area contributed by atoms with E-state index in [0.717, 1.165) is 16.0 Å². The second-order valence-corrected chi connectivity index (χ2v) is 8.31. The molecule has 4 rings (SSSR count). The van der Waals surface area contributed by atoms with Crippen molar-refractivity contribution in [2.45, 2.75) is 11.3 Å². The van der Waals surface area contributed by atoms with Gasteiger partial charge in [-0.3, -0.25) is 9.52 Å². The molecule has 0 saturated heterocycles. The Labute approximate surface area is 149 Å². The molecule has 25 heavy (non-hydrogen) atoms. The first kappa shape index (κ1) is 15.9. The van der Waals surface area contributed by atoms with Crippen LogP contribution in [-0.2, 0) is 21.2 Å². The molecule has 0 atom stereocenters. The van der Waals surface area contributed by atoms with Crippen LogP contribution in [0.5, 0.6) is 0 Å². The predicted octanol–water partition coefficient (Wildman–Crippen LogP) is 3.71. The zero-order valence-electron chi connectivity index (χ0n) is 13.0. The summed E-state index contributed by atoms with van der Waals surface area (Å²) in [5.74, 6) is -0.138. The first-order valence-electron chi connectivity index (χ1n) is 7.61. The molecule has 2 heterocycles. The third kappa shape index (κ3) is 3.04. The van der Waals surface area contributed by atoms with Crippen molar-refractivity contribution in [2.24, 2.45) is 0 Å². The number of anilines is 2. The van der Waals surface area contributed by atoms with Crippen LogP contribution in [-0.4, -0.2) is 14.3 Å². The smallest absolute Gasteiger partial charge is 0.261 e. The van der Waals surface area contributed by atoms with Crippen LogP contribution >= 0.6 is 11.3 Å². The summed E-state index contributed by atoms with van der Waals surface area (Å²) in [5.41, 5.74) is 2.55. The van der Waals surface area contributed by atoms with Gasteiger partial charge in [-0.05, 0) is 40.8 Å². The Bertz CT molecular complexity index is 1060. The normalized spacial score (nSPS) is 13.4. The minimum Gasteiger partial charge on any atom is -0.324 e. The van der Waals surface area contributed by atoms with E-state index in [1.54, 1.807) is 41.7 Å². The summed E-state index contributed by atoms with van der Waals surface area (Å²) in [6, 6.07) is 15.9. The van der Waals surface area contributed by atoms with Crippen LogP contribution < -0.4 is 10.0 Å². The number of nitrogens with one attached hydrogen (secondary N) is 2. The minimum atomic E-state index is -3.76. The standard InChI is InChI=1S/C18H14N2O3S2/c21-17-11-13-5-2-7-15(18(13)19-17)20-25(22,23)14-6-1-4-12(10-14)16-8-3-9-24-16/h1-10,20H,11H2,(H,19,21). The van der Waals surface area contributed by atoms with Gasteiger partial charge < -0.3 is 5.32 Å². The van der Waals surface area contributed by atoms with Crippen LogP contribution in [0.4, 0.5) is 11.4 Å². The van der Waals surface area contributed by atoms with Crippen molar-refractivity contribution < 1.29 is 13.2 Å². The highest BCUT2D eigenvalue weighted by Crippen LogP contribution is 2.33. The van der Waals surface area contributed by atoms with E-state index in [1.807, 2.05) is 29.6 Å². The second kappa shape index (κ2) is 6.02. The fourth-order valence-corrected chi connectivity index (χ4v) is 4.64. The fraction of sp³-hybridized carbons (Fsp3) is 0.0556. The Balaban J connectivity index is 1.69. The van der Waals surface area contributed by atoms with E-state index in [0.29, 0.717) is 11.4 Å². The maximum absolute atomic E-state index is 12.8. The first-order valence-corrected chi connectivity index (χ1v) is 9.98. The second-order valence-electron chi connectivity index (χ2n) is 5.68. The Morgan fingerprint density at radius 2 is 1.88 bits per heavy atom. The quantitative estimate of drug-likeness (QED) is 0.735. The zero-order valence-corrected chi connectivity index (χ0v) is 14.7. The van der Waals surface area contributed by atoms with Gasteiger partial charge >= 0.3 is 0 Å². The number of rotatable bonds is 4. The zero-order chi connectivity index (χ0) is 17.4. The van der Waals surface area contributed by atoms with E-state index in [-0.39, 0.29) is 17.2 Å². The lowest BCUT2D eigenvalue weighted by atomic mass is 10.1. The van der Waals surface area contributed by atoms with Gasteiger partial charge in [-0.15, -0.1) is 11.3 Å². The van der Waals surface area contributed by atoms with Crippen molar-refractivity contribution in [1.82, 2.24) is 0 Å². The van der Waals surface area contributed by atoms with Gasteiger partial charge in [0.1, 0.15) is 0 Å². The summed E-state index contributed by atoms with van der Waals surface area (Å²) in [7, 11) is -3.76. The molecule has 0 bridgehead atoms. The molecule has 0 spiro atoms. The van der Waals surface area contributed by atoms with Gasteiger partial charge in [0.05, 0.1) is 22.7 Å². The van der Waals surface area contributed by atoms with Gasteiger partial charge in [-0.25, -0.2) is 8.42 Å². The third-order valence-corrected chi connectivity index (χ3v) is 6.24. The molecule has 126 valence electrons. The molecule has 5 nitrogen and oxygen atoms in total. The first-order chi connectivity index (χ1) is 12.0. The van der Waals surface area contributed by atoms with E-state index in [9.17, 15) is 13.2 Å². The summed E-state index contributed by atoms with van der Waals surface area (Å²) < 4.78 is 28.2. The van der Waals surface area contributed by atoms with E-state index >= 15 is 0 Å². The number of thiophene rings is 1. The van der Waals surface area contributed by atoms with Crippen LogP contribution in [0.3, 0.4) is 0 Å². The van der Waals surface area contributed by atoms with Crippen LogP contribution in [0.15, 0.2) is 64.9 Å². The van der Waals surface area contributed by atoms with Crippen molar-refractivity contribution >= 4 is 38.6 Å². The lowest BCUT2D eigenvalue weighted by molar-refractivity contribution is -0.115. The molecule has 0 unspecified atom stereocenters. The van der Waals surface area contributed by atoms with Gasteiger partial charge in [-0.1, -0.05) is 30.3 Å². The van der Waals surface area contributed by atoms with E-state index in [2.05, 4.69) is 10.0 Å². The summed E-state index contributed by atoms with van der Waals surface area (Å²) >= 11 is 1.55. The van der Waals surface area contributed by atoms with Gasteiger partial charge in [0, 0.05) is 4.88 Å². The van der Waals surface area contributed by atoms with Gasteiger partial charge in [-0.2, -0.15) is 0 Å². The van der Waals surface area contributed by atoms with Gasteiger partial charge in [0.15, 0.2) is 0 Å². The third-order valence-electron chi connectivity index (χ3n) is 3.96. The summed E-state index contributed by atoms with van der Waals surface area (Å²) in [4.78, 5) is 12.8. The molecule has 0 aliphatic carbocycles. The molecule has 0 fully saturated rings. The van der Waals surface area contributed by atoms with Crippen molar-refractivity contribution in [1.29, 1.82) is 0 Å². The molecular formula is C18H14N2O3S2. The number of hydrogen-bond acceptors (Lipinski definition) is 4. The number of benzene rings is 2. The number of carbonyl (C=O) groups excluding carboxylic acids is 1. The Morgan fingerprint density at radius 3 is 2.68 bits per heavy atom. The van der Waals surface area contributed by atoms with E-state index in [1.165, 1.54) is 0 Å². The molecule has 0 radical (unpaired) electrons. The van der Waals surface area contributed by atoms with Crippen LogP contribution in [0.2, 0.25) is 0 Å². The molecule has 2 N–H and O–H groups in total. The van der Waals surface area contributed by atoms with Crippen molar-refractivity contribution in [3.63, 3.8) is 0 Å². The highest BCUT2D eigenvalue weighted by molar-refractivity contribution is 7.92. The lowest BCUT2D eigenvalue weighted by Gasteiger charge is -2.12. The maximum atomic E-state index is 12.8. The van der Waals surface area contributed by atoms with E-state index < -0.39 is 10.0 Å². The fourth-order valence-electron chi connectivity index (χ4n) is 2.80. The number of amides is 1. The molecule has 3 aromatic rings. The number of carbonyl (C=O) groups is 1. The highest BCUT2D eigenvalue weighted by atomic mass is 32.2. The molecule has 2 aromatic carbocycles. The van der Waals surface area contributed by atoms with Crippen molar-refractivity contribution in [3.05, 3.63) is 65.5 Å². The Kier molecular flexibility index (Phi) is 3.82. The van der Waals surface area contributed by atoms with Crippen LogP contribution in [0, 0.1) is 0 Å². The number of fused-ring (bicyclic) bond motifs is 1. The largest absolute Gasteiger partial charge is 0.324 e. The number of para-hydroxylation sites is 1. The molecule has 1 amide bonds. The predicted molar refractivity (Wildman–Crippen MR) is 99.3 cm³/mol. The van der Waals surface area contributed by atoms with Gasteiger partial charge in [0.2, 0.25) is 5.91 Å². The SMILES string of the molecule is O=C1Cc2cccc(NS(=O)(=O)c3cccc(-c4cccs4)c3)c2N1. The molecule has 0 saturated carbocycles. The van der Waals surface area contributed by atoms with Crippen LogP contribution in [0.25, 0.3) is 10.4 Å². The maximum Gasteiger partial charge on any atom is 0.261 e. The summed E-state index contributed by atoms with van der Waals surface area (Å²) in [5, 5.41) is 4.66. The topological polar surface area (TPSA) is 75.3 Å². The molecule has 1 aliphatic rings. The van der Waals surface area contributed by atoms with E-state index in [4.69, 9.17) is 0 Å². The van der Waals surface area contributed by atoms with Crippen LogP contribution in [0.1, 0.15) is 5.56 Å². The monoisotopic (exact) mass is 370 g/mol. The summed E-state index contributed by atoms with van der Waals surface area (Å²) in [6.45, 7) is 0. The average Bonchev–Trinajstić information content (AvgIpc) is 3.24. The molecule has 1 aliphatic heterocycles. The minimum absolute atomic E-state index is 0.138. The molecule has 1 aromatic heterocycles. The summed E-state index contributed by atoms with van der Waals surface area (Å²) in [6.07, 6.45) is 0.263.